The summed E-state index contributed by atoms with van der Waals surface area (Å²) in [5.74, 6) is -1.38. The van der Waals surface area contributed by atoms with E-state index in [1.54, 1.807) is 24.3 Å². The number of nitrogens with one attached hydrogen (secondary N) is 1. The maximum atomic E-state index is 13.4. The molecule has 0 atom stereocenters. The molecule has 0 saturated heterocycles. The largest absolute Gasteiger partial charge is 0.353 e. The second-order valence-corrected chi connectivity index (χ2v) is 3.89. The second kappa shape index (κ2) is 4.96. The van der Waals surface area contributed by atoms with Crippen molar-refractivity contribution in [3.05, 3.63) is 59.7 Å². The summed E-state index contributed by atoms with van der Waals surface area (Å²) in [5, 5.41) is 2.80. The van der Waals surface area contributed by atoms with Crippen molar-refractivity contribution in [2.45, 2.75) is 6.92 Å². The molecule has 0 amide bonds. The number of anilines is 2. The van der Waals surface area contributed by atoms with Crippen molar-refractivity contribution in [1.82, 2.24) is 0 Å². The predicted octanol–water partition coefficient (Wildman–Crippen LogP) is 3.91. The topological polar surface area (TPSA) is 29.1 Å². The maximum Gasteiger partial charge on any atom is 0.159 e. The van der Waals surface area contributed by atoms with Gasteiger partial charge < -0.3 is 5.32 Å². The predicted molar refractivity (Wildman–Crippen MR) is 66.1 cm³/mol. The fourth-order valence-corrected chi connectivity index (χ4v) is 1.56. The van der Waals surface area contributed by atoms with Crippen molar-refractivity contribution in [2.24, 2.45) is 0 Å². The van der Waals surface area contributed by atoms with Crippen molar-refractivity contribution in [2.75, 3.05) is 5.32 Å². The number of hydrogen-bond acceptors (Lipinski definition) is 2. The Balaban J connectivity index is 2.28. The van der Waals surface area contributed by atoms with Crippen molar-refractivity contribution in [1.29, 1.82) is 0 Å². The summed E-state index contributed by atoms with van der Waals surface area (Å²) >= 11 is 0. The minimum atomic E-state index is -0.678. The molecule has 0 radical (unpaired) electrons. The number of halogens is 2. The van der Waals surface area contributed by atoms with Crippen LogP contribution in [0.2, 0.25) is 0 Å². The Kier molecular flexibility index (Phi) is 3.37. The number of carbonyl (C=O) groups excluding carboxylic acids is 1. The minimum Gasteiger partial charge on any atom is -0.353 e. The lowest BCUT2D eigenvalue weighted by atomic mass is 10.1. The zero-order chi connectivity index (χ0) is 13.1. The molecule has 0 aliphatic heterocycles. The molecule has 0 saturated carbocycles. The maximum absolute atomic E-state index is 13.4. The average molecular weight is 247 g/mol. The first-order valence-corrected chi connectivity index (χ1v) is 5.39. The van der Waals surface area contributed by atoms with Gasteiger partial charge in [-0.05, 0) is 31.2 Å². The van der Waals surface area contributed by atoms with Crippen molar-refractivity contribution >= 4 is 17.2 Å². The van der Waals surface area contributed by atoms with Gasteiger partial charge in [0.05, 0.1) is 5.69 Å². The fraction of sp³-hybridized carbons (Fsp3) is 0.0714. The Morgan fingerprint density at radius 3 is 2.56 bits per heavy atom. The van der Waals surface area contributed by atoms with E-state index >= 15 is 0 Å². The first kappa shape index (κ1) is 12.2. The SMILES string of the molecule is CC(=O)c1cccc(Nc2ccc(F)cc2F)c1. The Morgan fingerprint density at radius 1 is 1.11 bits per heavy atom. The van der Waals surface area contributed by atoms with E-state index in [2.05, 4.69) is 5.32 Å². The summed E-state index contributed by atoms with van der Waals surface area (Å²) in [6, 6.07) is 9.97. The number of ketones is 1. The summed E-state index contributed by atoms with van der Waals surface area (Å²) < 4.78 is 26.2. The molecule has 18 heavy (non-hydrogen) atoms. The Morgan fingerprint density at radius 2 is 1.89 bits per heavy atom. The van der Waals surface area contributed by atoms with Gasteiger partial charge in [-0.15, -0.1) is 0 Å². The second-order valence-electron chi connectivity index (χ2n) is 3.89. The van der Waals surface area contributed by atoms with E-state index in [1.807, 2.05) is 0 Å². The van der Waals surface area contributed by atoms with Crippen molar-refractivity contribution < 1.29 is 13.6 Å². The highest BCUT2D eigenvalue weighted by Crippen LogP contribution is 2.21. The molecule has 0 bridgehead atoms. The molecule has 0 aromatic heterocycles. The van der Waals surface area contributed by atoms with Crippen molar-refractivity contribution in [3.63, 3.8) is 0 Å². The van der Waals surface area contributed by atoms with Gasteiger partial charge in [0.2, 0.25) is 0 Å². The average Bonchev–Trinajstić information content (AvgIpc) is 2.33. The molecular weight excluding hydrogens is 236 g/mol. The van der Waals surface area contributed by atoms with E-state index in [4.69, 9.17) is 0 Å². The van der Waals surface area contributed by atoms with Crippen LogP contribution in [0.3, 0.4) is 0 Å². The first-order valence-electron chi connectivity index (χ1n) is 5.39. The molecule has 0 spiro atoms. The molecule has 92 valence electrons. The molecule has 2 aromatic rings. The smallest absolute Gasteiger partial charge is 0.159 e. The van der Waals surface area contributed by atoms with Crippen LogP contribution >= 0.6 is 0 Å². The van der Waals surface area contributed by atoms with Crippen LogP contribution in [0.25, 0.3) is 0 Å². The van der Waals surface area contributed by atoms with E-state index in [1.165, 1.54) is 19.1 Å². The normalized spacial score (nSPS) is 10.2. The van der Waals surface area contributed by atoms with Crippen LogP contribution < -0.4 is 5.32 Å². The van der Waals surface area contributed by atoms with Crippen molar-refractivity contribution in [3.8, 4) is 0 Å². The number of rotatable bonds is 3. The molecule has 2 rings (SSSR count). The third-order valence-electron chi connectivity index (χ3n) is 2.48. The molecule has 0 heterocycles. The Hall–Kier alpha value is -2.23. The minimum absolute atomic E-state index is 0.0711. The van der Waals surface area contributed by atoms with Crippen LogP contribution in [0.4, 0.5) is 20.2 Å². The number of carbonyl (C=O) groups is 1. The molecule has 2 nitrogen and oxygen atoms in total. The van der Waals surface area contributed by atoms with E-state index in [0.717, 1.165) is 6.07 Å². The number of hydrogen-bond donors (Lipinski definition) is 1. The van der Waals surface area contributed by atoms with Gasteiger partial charge in [-0.3, -0.25) is 4.79 Å². The van der Waals surface area contributed by atoms with Crippen LogP contribution in [-0.2, 0) is 0 Å². The third kappa shape index (κ3) is 2.71. The zero-order valence-electron chi connectivity index (χ0n) is 9.71. The van der Waals surface area contributed by atoms with Gasteiger partial charge in [0.25, 0.3) is 0 Å². The van der Waals surface area contributed by atoms with Gasteiger partial charge in [-0.2, -0.15) is 0 Å². The summed E-state index contributed by atoms with van der Waals surface area (Å²) in [4.78, 5) is 11.2. The van der Waals surface area contributed by atoms with Crippen LogP contribution in [0.5, 0.6) is 0 Å². The standard InChI is InChI=1S/C14H11F2NO/c1-9(18)10-3-2-4-12(7-10)17-14-6-5-11(15)8-13(14)16/h2-8,17H,1H3. The van der Waals surface area contributed by atoms with Gasteiger partial charge in [-0.25, -0.2) is 8.78 Å². The van der Waals surface area contributed by atoms with Crippen LogP contribution in [-0.4, -0.2) is 5.78 Å². The van der Waals surface area contributed by atoms with Crippen LogP contribution in [0.1, 0.15) is 17.3 Å². The monoisotopic (exact) mass is 247 g/mol. The van der Waals surface area contributed by atoms with Gasteiger partial charge in [0.1, 0.15) is 11.6 Å². The molecule has 4 heteroatoms. The third-order valence-corrected chi connectivity index (χ3v) is 2.48. The quantitative estimate of drug-likeness (QED) is 0.833. The molecule has 0 aliphatic rings. The molecular formula is C14H11F2NO. The number of benzene rings is 2. The van der Waals surface area contributed by atoms with E-state index in [9.17, 15) is 13.6 Å². The molecule has 0 fully saturated rings. The Bertz CT molecular complexity index is 596. The fourth-order valence-electron chi connectivity index (χ4n) is 1.56. The summed E-state index contributed by atoms with van der Waals surface area (Å²) in [7, 11) is 0. The lowest BCUT2D eigenvalue weighted by molar-refractivity contribution is 0.101. The van der Waals surface area contributed by atoms with E-state index in [0.29, 0.717) is 11.3 Å². The van der Waals surface area contributed by atoms with Gasteiger partial charge >= 0.3 is 0 Å². The molecule has 0 aliphatic carbocycles. The zero-order valence-corrected chi connectivity index (χ0v) is 9.71. The highest BCUT2D eigenvalue weighted by Gasteiger charge is 2.05. The van der Waals surface area contributed by atoms with Gasteiger partial charge in [-0.1, -0.05) is 12.1 Å². The Labute approximate surface area is 103 Å². The van der Waals surface area contributed by atoms with E-state index < -0.39 is 11.6 Å². The molecule has 0 unspecified atom stereocenters. The van der Waals surface area contributed by atoms with E-state index in [-0.39, 0.29) is 11.5 Å². The summed E-state index contributed by atoms with van der Waals surface area (Å²) in [5.41, 5.74) is 1.27. The van der Waals surface area contributed by atoms with Crippen LogP contribution in [0.15, 0.2) is 42.5 Å². The van der Waals surface area contributed by atoms with Gasteiger partial charge in [0, 0.05) is 17.3 Å². The summed E-state index contributed by atoms with van der Waals surface area (Å²) in [6.07, 6.45) is 0. The molecule has 1 N–H and O–H groups in total. The first-order chi connectivity index (χ1) is 8.56. The molecule has 2 aromatic carbocycles. The van der Waals surface area contributed by atoms with Crippen LogP contribution in [0, 0.1) is 11.6 Å². The number of Topliss-reactive ketones (excluding diaryl/α,β-unsaturated/α-hetero) is 1. The summed E-state index contributed by atoms with van der Waals surface area (Å²) in [6.45, 7) is 1.46. The van der Waals surface area contributed by atoms with Gasteiger partial charge in [0.15, 0.2) is 5.78 Å². The highest BCUT2D eigenvalue weighted by molar-refractivity contribution is 5.95. The lowest BCUT2D eigenvalue weighted by Crippen LogP contribution is -1.97. The highest BCUT2D eigenvalue weighted by atomic mass is 19.1. The lowest BCUT2D eigenvalue weighted by Gasteiger charge is -2.08.